The van der Waals surface area contributed by atoms with Gasteiger partial charge in [-0.1, -0.05) is 6.92 Å². The molecule has 1 N–H and O–H groups in total. The standard InChI is InChI=1S/C14H22N4OS/c1-2-12-13(20-10-16-12)14(19)18-6-3-11(9-18)17-7-4-15-5-8-17/h10-11,15H,2-9H2,1H3. The molecule has 2 aliphatic heterocycles. The van der Waals surface area contributed by atoms with Gasteiger partial charge in [-0.2, -0.15) is 0 Å². The first-order valence-corrected chi connectivity index (χ1v) is 8.34. The monoisotopic (exact) mass is 294 g/mol. The van der Waals surface area contributed by atoms with E-state index in [0.29, 0.717) is 6.04 Å². The van der Waals surface area contributed by atoms with E-state index in [0.717, 1.165) is 62.7 Å². The van der Waals surface area contributed by atoms with E-state index in [1.165, 1.54) is 11.3 Å². The number of amides is 1. The largest absolute Gasteiger partial charge is 0.336 e. The second kappa shape index (κ2) is 6.20. The zero-order chi connectivity index (χ0) is 13.9. The van der Waals surface area contributed by atoms with Gasteiger partial charge in [0.05, 0.1) is 11.2 Å². The molecule has 1 aromatic heterocycles. The van der Waals surface area contributed by atoms with Gasteiger partial charge in [0.25, 0.3) is 5.91 Å². The van der Waals surface area contributed by atoms with E-state index in [2.05, 4.69) is 22.1 Å². The molecule has 1 aromatic rings. The summed E-state index contributed by atoms with van der Waals surface area (Å²) in [5.41, 5.74) is 2.74. The van der Waals surface area contributed by atoms with Crippen LogP contribution in [-0.2, 0) is 6.42 Å². The van der Waals surface area contributed by atoms with Crippen LogP contribution < -0.4 is 5.32 Å². The van der Waals surface area contributed by atoms with Crippen LogP contribution in [-0.4, -0.2) is 66.0 Å². The van der Waals surface area contributed by atoms with Crippen LogP contribution in [0, 0.1) is 0 Å². The number of rotatable bonds is 3. The molecular weight excluding hydrogens is 272 g/mol. The smallest absolute Gasteiger partial charge is 0.265 e. The fourth-order valence-corrected chi connectivity index (χ4v) is 3.96. The maximum atomic E-state index is 12.6. The second-order valence-electron chi connectivity index (χ2n) is 5.46. The Balaban J connectivity index is 1.63. The minimum absolute atomic E-state index is 0.182. The van der Waals surface area contributed by atoms with Gasteiger partial charge in [-0.3, -0.25) is 9.69 Å². The Bertz CT molecular complexity index is 469. The Morgan fingerprint density at radius 2 is 2.25 bits per heavy atom. The number of nitrogens with zero attached hydrogens (tertiary/aromatic N) is 3. The molecule has 0 radical (unpaired) electrons. The van der Waals surface area contributed by atoms with Crippen LogP contribution in [0.2, 0.25) is 0 Å². The molecule has 5 nitrogen and oxygen atoms in total. The topological polar surface area (TPSA) is 48.5 Å². The number of nitrogens with one attached hydrogen (secondary N) is 1. The van der Waals surface area contributed by atoms with E-state index in [-0.39, 0.29) is 5.91 Å². The van der Waals surface area contributed by atoms with Gasteiger partial charge in [-0.25, -0.2) is 4.98 Å². The van der Waals surface area contributed by atoms with E-state index < -0.39 is 0 Å². The minimum atomic E-state index is 0.182. The lowest BCUT2D eigenvalue weighted by molar-refractivity contribution is 0.0777. The van der Waals surface area contributed by atoms with Crippen LogP contribution in [0.5, 0.6) is 0 Å². The summed E-state index contributed by atoms with van der Waals surface area (Å²) in [7, 11) is 0. The second-order valence-corrected chi connectivity index (χ2v) is 6.32. The minimum Gasteiger partial charge on any atom is -0.336 e. The molecule has 1 atom stereocenters. The van der Waals surface area contributed by atoms with Crippen LogP contribution in [0.4, 0.5) is 0 Å². The van der Waals surface area contributed by atoms with Crippen molar-refractivity contribution in [3.05, 3.63) is 16.1 Å². The normalized spacial score (nSPS) is 24.2. The third-order valence-corrected chi connectivity index (χ3v) is 5.15. The van der Waals surface area contributed by atoms with Crippen LogP contribution in [0.25, 0.3) is 0 Å². The summed E-state index contributed by atoms with van der Waals surface area (Å²) < 4.78 is 0. The molecule has 3 heterocycles. The molecule has 6 heteroatoms. The molecule has 0 spiro atoms. The van der Waals surface area contributed by atoms with E-state index in [4.69, 9.17) is 0 Å². The number of carbonyl (C=O) groups excluding carboxylic acids is 1. The van der Waals surface area contributed by atoms with Crippen LogP contribution >= 0.6 is 11.3 Å². The highest BCUT2D eigenvalue weighted by Crippen LogP contribution is 2.22. The molecule has 3 rings (SSSR count). The number of carbonyl (C=O) groups is 1. The predicted octanol–water partition coefficient (Wildman–Crippen LogP) is 0.825. The van der Waals surface area contributed by atoms with Gasteiger partial charge in [-0.15, -0.1) is 11.3 Å². The first-order valence-electron chi connectivity index (χ1n) is 7.46. The molecule has 0 aromatic carbocycles. The number of aryl methyl sites for hydroxylation is 1. The maximum Gasteiger partial charge on any atom is 0.265 e. The van der Waals surface area contributed by atoms with Crippen molar-refractivity contribution in [2.24, 2.45) is 0 Å². The molecule has 1 amide bonds. The van der Waals surface area contributed by atoms with Crippen molar-refractivity contribution in [1.82, 2.24) is 20.1 Å². The Morgan fingerprint density at radius 1 is 1.45 bits per heavy atom. The van der Waals surface area contributed by atoms with Crippen molar-refractivity contribution in [2.45, 2.75) is 25.8 Å². The van der Waals surface area contributed by atoms with Gasteiger partial charge in [0.15, 0.2) is 0 Å². The van der Waals surface area contributed by atoms with Gasteiger partial charge in [0.2, 0.25) is 0 Å². The Hall–Kier alpha value is -0.980. The third-order valence-electron chi connectivity index (χ3n) is 4.29. The molecule has 0 aliphatic carbocycles. The highest BCUT2D eigenvalue weighted by Gasteiger charge is 2.32. The average Bonchev–Trinajstić information content (AvgIpc) is 3.16. The molecule has 2 fully saturated rings. The highest BCUT2D eigenvalue weighted by atomic mass is 32.1. The average molecular weight is 294 g/mol. The molecule has 0 saturated carbocycles. The fourth-order valence-electron chi connectivity index (χ4n) is 3.11. The van der Waals surface area contributed by atoms with Crippen molar-refractivity contribution in [1.29, 1.82) is 0 Å². The molecule has 2 aliphatic rings. The zero-order valence-electron chi connectivity index (χ0n) is 12.0. The Labute approximate surface area is 124 Å². The fraction of sp³-hybridized carbons (Fsp3) is 0.714. The summed E-state index contributed by atoms with van der Waals surface area (Å²) in [6, 6.07) is 0.541. The van der Waals surface area contributed by atoms with Crippen molar-refractivity contribution in [3.63, 3.8) is 0 Å². The number of hydrogen-bond donors (Lipinski definition) is 1. The lowest BCUT2D eigenvalue weighted by Gasteiger charge is -2.32. The number of piperazine rings is 1. The first-order chi connectivity index (χ1) is 9.79. The summed E-state index contributed by atoms with van der Waals surface area (Å²) in [5, 5.41) is 3.38. The van der Waals surface area contributed by atoms with Gasteiger partial charge in [0, 0.05) is 45.3 Å². The number of hydrogen-bond acceptors (Lipinski definition) is 5. The molecular formula is C14H22N4OS. The van der Waals surface area contributed by atoms with Crippen molar-refractivity contribution >= 4 is 17.2 Å². The molecule has 1 unspecified atom stereocenters. The van der Waals surface area contributed by atoms with E-state index >= 15 is 0 Å². The maximum absolute atomic E-state index is 12.6. The third kappa shape index (κ3) is 2.73. The number of likely N-dealkylation sites (tertiary alicyclic amines) is 1. The Kier molecular flexibility index (Phi) is 4.33. The van der Waals surface area contributed by atoms with Crippen molar-refractivity contribution in [2.75, 3.05) is 39.3 Å². The summed E-state index contributed by atoms with van der Waals surface area (Å²) in [6.45, 7) is 8.16. The molecule has 0 bridgehead atoms. The van der Waals surface area contributed by atoms with Gasteiger partial charge < -0.3 is 10.2 Å². The quantitative estimate of drug-likeness (QED) is 0.897. The van der Waals surface area contributed by atoms with Crippen LogP contribution in [0.3, 0.4) is 0 Å². The molecule has 20 heavy (non-hydrogen) atoms. The summed E-state index contributed by atoms with van der Waals surface area (Å²) >= 11 is 1.48. The van der Waals surface area contributed by atoms with E-state index in [1.807, 2.05) is 4.90 Å². The van der Waals surface area contributed by atoms with E-state index in [9.17, 15) is 4.79 Å². The van der Waals surface area contributed by atoms with Crippen molar-refractivity contribution in [3.8, 4) is 0 Å². The van der Waals surface area contributed by atoms with Gasteiger partial charge in [0.1, 0.15) is 4.88 Å². The van der Waals surface area contributed by atoms with Gasteiger partial charge >= 0.3 is 0 Å². The molecule has 2 saturated heterocycles. The van der Waals surface area contributed by atoms with Crippen LogP contribution in [0.15, 0.2) is 5.51 Å². The van der Waals surface area contributed by atoms with Crippen molar-refractivity contribution < 1.29 is 4.79 Å². The van der Waals surface area contributed by atoms with E-state index in [1.54, 1.807) is 5.51 Å². The Morgan fingerprint density at radius 3 is 3.00 bits per heavy atom. The SMILES string of the molecule is CCc1ncsc1C(=O)N1CCC(N2CCNCC2)C1. The zero-order valence-corrected chi connectivity index (χ0v) is 12.8. The van der Waals surface area contributed by atoms with Crippen LogP contribution in [0.1, 0.15) is 28.7 Å². The summed E-state index contributed by atoms with van der Waals surface area (Å²) in [4.78, 5) is 22.2. The van der Waals surface area contributed by atoms with Gasteiger partial charge in [-0.05, 0) is 12.8 Å². The summed E-state index contributed by atoms with van der Waals surface area (Å²) in [6.07, 6.45) is 1.94. The summed E-state index contributed by atoms with van der Waals surface area (Å²) in [5.74, 6) is 0.182. The lowest BCUT2D eigenvalue weighted by atomic mass is 10.2. The highest BCUT2D eigenvalue weighted by molar-refractivity contribution is 7.11. The number of aromatic nitrogens is 1. The molecule has 110 valence electrons. The first kappa shape index (κ1) is 14.0. The predicted molar refractivity (Wildman–Crippen MR) is 80.2 cm³/mol. The number of thiazole rings is 1. The lowest BCUT2D eigenvalue weighted by Crippen LogP contribution is -2.49.